The average Bonchev–Trinajstić information content (AvgIpc) is 3.08. The minimum atomic E-state index is 0.451. The van der Waals surface area contributed by atoms with Gasteiger partial charge in [-0.1, -0.05) is 0 Å². The average molecular weight is 258 g/mol. The molecule has 0 spiro atoms. The van der Waals surface area contributed by atoms with Crippen molar-refractivity contribution in [2.75, 3.05) is 20.2 Å². The van der Waals surface area contributed by atoms with Crippen molar-refractivity contribution in [3.63, 3.8) is 0 Å². The highest BCUT2D eigenvalue weighted by Crippen LogP contribution is 2.26. The first kappa shape index (κ1) is 12.2. The van der Waals surface area contributed by atoms with Gasteiger partial charge >= 0.3 is 0 Å². The van der Waals surface area contributed by atoms with Crippen LogP contribution in [0.2, 0.25) is 0 Å². The summed E-state index contributed by atoms with van der Waals surface area (Å²) in [5.41, 5.74) is 1.08. The van der Waals surface area contributed by atoms with Gasteiger partial charge in [0.25, 0.3) is 0 Å². The van der Waals surface area contributed by atoms with Crippen LogP contribution < -0.4 is 10.1 Å². The largest absolute Gasteiger partial charge is 0.497 e. The lowest BCUT2D eigenvalue weighted by Crippen LogP contribution is -2.15. The predicted molar refractivity (Wildman–Crippen MR) is 73.3 cm³/mol. The van der Waals surface area contributed by atoms with E-state index in [4.69, 9.17) is 4.74 Å². The molecule has 1 fully saturated rings. The third kappa shape index (κ3) is 2.21. The van der Waals surface area contributed by atoms with Crippen LogP contribution in [0.4, 0.5) is 0 Å². The first-order valence-corrected chi connectivity index (χ1v) is 6.56. The summed E-state index contributed by atoms with van der Waals surface area (Å²) in [6.07, 6.45) is 1.13. The Bertz CT molecular complexity index is 555. The van der Waals surface area contributed by atoms with Crippen molar-refractivity contribution < 1.29 is 4.74 Å². The molecule has 0 saturated carbocycles. The number of ether oxygens (including phenoxy) is 1. The van der Waals surface area contributed by atoms with E-state index in [2.05, 4.69) is 20.1 Å². The summed E-state index contributed by atoms with van der Waals surface area (Å²) >= 11 is 0. The van der Waals surface area contributed by atoms with Gasteiger partial charge in [-0.2, -0.15) is 0 Å². The van der Waals surface area contributed by atoms with E-state index in [0.29, 0.717) is 6.04 Å². The molecular formula is C14H18N4O. The van der Waals surface area contributed by atoms with E-state index >= 15 is 0 Å². The highest BCUT2D eigenvalue weighted by Gasteiger charge is 2.22. The minimum absolute atomic E-state index is 0.451. The van der Waals surface area contributed by atoms with E-state index in [-0.39, 0.29) is 0 Å². The monoisotopic (exact) mass is 258 g/mol. The lowest BCUT2D eigenvalue weighted by molar-refractivity contribution is 0.415. The topological polar surface area (TPSA) is 52.0 Å². The molecule has 100 valence electrons. The Labute approximate surface area is 112 Å². The van der Waals surface area contributed by atoms with E-state index < -0.39 is 0 Å². The molecule has 0 radical (unpaired) electrons. The van der Waals surface area contributed by atoms with Crippen LogP contribution in [0.25, 0.3) is 11.4 Å². The predicted octanol–water partition coefficient (Wildman–Crippen LogP) is 1.80. The van der Waals surface area contributed by atoms with Gasteiger partial charge in [0.2, 0.25) is 0 Å². The van der Waals surface area contributed by atoms with Gasteiger partial charge in [0, 0.05) is 12.1 Å². The van der Waals surface area contributed by atoms with Gasteiger partial charge in [-0.15, -0.1) is 10.2 Å². The van der Waals surface area contributed by atoms with Crippen LogP contribution in [0.5, 0.6) is 5.75 Å². The lowest BCUT2D eigenvalue weighted by atomic mass is 10.1. The van der Waals surface area contributed by atoms with E-state index in [1.165, 1.54) is 0 Å². The standard InChI is InChI=1S/C14H18N4O/c1-10-16-17-14(18(10)12-7-8-15-9-12)11-3-5-13(19-2)6-4-11/h3-6,12,15H,7-9H2,1-2H3. The van der Waals surface area contributed by atoms with E-state index in [9.17, 15) is 0 Å². The number of hydrogen-bond acceptors (Lipinski definition) is 4. The highest BCUT2D eigenvalue weighted by molar-refractivity contribution is 5.57. The molecule has 1 saturated heterocycles. The van der Waals surface area contributed by atoms with Gasteiger partial charge in [0.1, 0.15) is 11.6 Å². The normalized spacial score (nSPS) is 18.7. The Morgan fingerprint density at radius 1 is 1.26 bits per heavy atom. The SMILES string of the molecule is COc1ccc(-c2nnc(C)n2C2CCNC2)cc1. The number of nitrogens with one attached hydrogen (secondary N) is 1. The highest BCUT2D eigenvalue weighted by atomic mass is 16.5. The number of hydrogen-bond donors (Lipinski definition) is 1. The molecule has 2 heterocycles. The zero-order valence-corrected chi connectivity index (χ0v) is 11.3. The van der Waals surface area contributed by atoms with Crippen LogP contribution in [0.15, 0.2) is 24.3 Å². The molecule has 5 nitrogen and oxygen atoms in total. The molecule has 1 atom stereocenters. The maximum atomic E-state index is 5.19. The van der Waals surface area contributed by atoms with Gasteiger partial charge in [0.05, 0.1) is 13.2 Å². The van der Waals surface area contributed by atoms with Crippen LogP contribution in [-0.4, -0.2) is 35.0 Å². The Morgan fingerprint density at radius 2 is 2.05 bits per heavy atom. The summed E-state index contributed by atoms with van der Waals surface area (Å²) in [7, 11) is 1.67. The fourth-order valence-corrected chi connectivity index (χ4v) is 2.60. The fraction of sp³-hybridized carbons (Fsp3) is 0.429. The third-order valence-electron chi connectivity index (χ3n) is 3.61. The molecule has 19 heavy (non-hydrogen) atoms. The Morgan fingerprint density at radius 3 is 2.68 bits per heavy atom. The summed E-state index contributed by atoms with van der Waals surface area (Å²) in [5, 5.41) is 12.0. The Kier molecular flexibility index (Phi) is 3.21. The van der Waals surface area contributed by atoms with Gasteiger partial charge in [-0.25, -0.2) is 0 Å². The summed E-state index contributed by atoms with van der Waals surface area (Å²) < 4.78 is 7.43. The molecule has 2 aromatic rings. The molecule has 1 aromatic heterocycles. The molecule has 1 unspecified atom stereocenters. The summed E-state index contributed by atoms with van der Waals surface area (Å²) in [6.45, 7) is 4.06. The molecule has 1 aliphatic rings. The Hall–Kier alpha value is -1.88. The fourth-order valence-electron chi connectivity index (χ4n) is 2.60. The number of nitrogens with zero attached hydrogens (tertiary/aromatic N) is 3. The quantitative estimate of drug-likeness (QED) is 0.912. The minimum Gasteiger partial charge on any atom is -0.497 e. The van der Waals surface area contributed by atoms with Crippen LogP contribution in [-0.2, 0) is 0 Å². The van der Waals surface area contributed by atoms with Crippen LogP contribution in [0.3, 0.4) is 0 Å². The van der Waals surface area contributed by atoms with Crippen molar-refractivity contribution in [2.24, 2.45) is 0 Å². The molecule has 0 bridgehead atoms. The van der Waals surface area contributed by atoms with Crippen molar-refractivity contribution in [2.45, 2.75) is 19.4 Å². The third-order valence-corrected chi connectivity index (χ3v) is 3.61. The van der Waals surface area contributed by atoms with Gasteiger partial charge in [0.15, 0.2) is 5.82 Å². The van der Waals surface area contributed by atoms with Crippen LogP contribution in [0, 0.1) is 6.92 Å². The van der Waals surface area contributed by atoms with Crippen molar-refractivity contribution >= 4 is 0 Å². The molecular weight excluding hydrogens is 240 g/mol. The van der Waals surface area contributed by atoms with Crippen molar-refractivity contribution in [3.05, 3.63) is 30.1 Å². The number of aryl methyl sites for hydroxylation is 1. The zero-order chi connectivity index (χ0) is 13.2. The zero-order valence-electron chi connectivity index (χ0n) is 11.3. The number of benzene rings is 1. The number of rotatable bonds is 3. The van der Waals surface area contributed by atoms with Gasteiger partial charge in [-0.05, 0) is 44.2 Å². The summed E-state index contributed by atoms with van der Waals surface area (Å²) in [6, 6.07) is 8.42. The van der Waals surface area contributed by atoms with Gasteiger partial charge in [-0.3, -0.25) is 0 Å². The van der Waals surface area contributed by atoms with E-state index in [1.54, 1.807) is 7.11 Å². The maximum absolute atomic E-state index is 5.19. The van der Waals surface area contributed by atoms with Crippen LogP contribution >= 0.6 is 0 Å². The van der Waals surface area contributed by atoms with Crippen molar-refractivity contribution in [1.82, 2.24) is 20.1 Å². The summed E-state index contributed by atoms with van der Waals surface area (Å²) in [4.78, 5) is 0. The van der Waals surface area contributed by atoms with Crippen molar-refractivity contribution in [3.8, 4) is 17.1 Å². The first-order chi connectivity index (χ1) is 9.29. The second kappa shape index (κ2) is 5.01. The Balaban J connectivity index is 1.99. The maximum Gasteiger partial charge on any atom is 0.164 e. The van der Waals surface area contributed by atoms with Crippen molar-refractivity contribution in [1.29, 1.82) is 0 Å². The molecule has 0 amide bonds. The second-order valence-electron chi connectivity index (χ2n) is 4.82. The molecule has 1 N–H and O–H groups in total. The molecule has 5 heteroatoms. The molecule has 1 aromatic carbocycles. The van der Waals surface area contributed by atoms with E-state index in [0.717, 1.165) is 42.5 Å². The second-order valence-corrected chi connectivity index (χ2v) is 4.82. The molecule has 0 aliphatic carbocycles. The summed E-state index contributed by atoms with van der Waals surface area (Å²) in [5.74, 6) is 2.77. The smallest absolute Gasteiger partial charge is 0.164 e. The number of aromatic nitrogens is 3. The van der Waals surface area contributed by atoms with E-state index in [1.807, 2.05) is 31.2 Å². The van der Waals surface area contributed by atoms with Crippen LogP contribution in [0.1, 0.15) is 18.3 Å². The molecule has 1 aliphatic heterocycles. The first-order valence-electron chi connectivity index (χ1n) is 6.56. The molecule has 3 rings (SSSR count). The lowest BCUT2D eigenvalue weighted by Gasteiger charge is -2.15. The number of methoxy groups -OCH3 is 1. The van der Waals surface area contributed by atoms with Gasteiger partial charge < -0.3 is 14.6 Å².